The predicted molar refractivity (Wildman–Crippen MR) is 77.7 cm³/mol. The third kappa shape index (κ3) is 5.70. The van der Waals surface area contributed by atoms with Crippen LogP contribution in [0.2, 0.25) is 0 Å². The van der Waals surface area contributed by atoms with Gasteiger partial charge in [0.1, 0.15) is 5.82 Å². The maximum Gasteiger partial charge on any atom is 0.220 e. The minimum atomic E-state index is -0.839. The van der Waals surface area contributed by atoms with Crippen LogP contribution in [0.3, 0.4) is 0 Å². The summed E-state index contributed by atoms with van der Waals surface area (Å²) < 4.78 is 12.8. The van der Waals surface area contributed by atoms with Crippen LogP contribution in [0.15, 0.2) is 24.3 Å². The van der Waals surface area contributed by atoms with Crippen molar-refractivity contribution in [3.8, 4) is 0 Å². The molecule has 0 fully saturated rings. The van der Waals surface area contributed by atoms with E-state index in [1.807, 2.05) is 0 Å². The van der Waals surface area contributed by atoms with Crippen LogP contribution in [0, 0.1) is 11.2 Å². The van der Waals surface area contributed by atoms with Crippen LogP contribution < -0.4 is 5.32 Å². The van der Waals surface area contributed by atoms with Gasteiger partial charge in [0.2, 0.25) is 5.91 Å². The topological polar surface area (TPSA) is 49.3 Å². The quantitative estimate of drug-likeness (QED) is 0.871. The molecular weight excluding hydrogens is 257 g/mol. The van der Waals surface area contributed by atoms with Crippen molar-refractivity contribution in [1.82, 2.24) is 5.32 Å². The van der Waals surface area contributed by atoms with Crippen molar-refractivity contribution in [2.45, 2.75) is 52.7 Å². The molecule has 1 aromatic rings. The fourth-order valence-corrected chi connectivity index (χ4v) is 1.84. The summed E-state index contributed by atoms with van der Waals surface area (Å²) in [4.78, 5) is 11.8. The molecular formula is C16H24FNO2. The van der Waals surface area contributed by atoms with Gasteiger partial charge >= 0.3 is 0 Å². The number of carbonyl (C=O) groups is 1. The minimum absolute atomic E-state index is 0.0754. The molecule has 0 heterocycles. The number of halogens is 1. The van der Waals surface area contributed by atoms with E-state index in [1.54, 1.807) is 6.92 Å². The molecule has 2 atom stereocenters. The fourth-order valence-electron chi connectivity index (χ4n) is 1.84. The number of aliphatic hydroxyl groups excluding tert-OH is 1. The van der Waals surface area contributed by atoms with Gasteiger partial charge < -0.3 is 10.4 Å². The second kappa shape index (κ2) is 6.84. The molecule has 112 valence electrons. The average Bonchev–Trinajstić information content (AvgIpc) is 2.35. The molecule has 2 N–H and O–H groups in total. The van der Waals surface area contributed by atoms with Gasteiger partial charge in [-0.2, -0.15) is 0 Å². The van der Waals surface area contributed by atoms with E-state index in [0.717, 1.165) is 6.42 Å². The first-order chi connectivity index (χ1) is 9.19. The summed E-state index contributed by atoms with van der Waals surface area (Å²) in [7, 11) is 0. The number of aliphatic hydroxyl groups is 1. The van der Waals surface area contributed by atoms with Crippen molar-refractivity contribution in [3.63, 3.8) is 0 Å². The highest BCUT2D eigenvalue weighted by atomic mass is 19.1. The summed E-state index contributed by atoms with van der Waals surface area (Å²) in [5, 5.41) is 12.9. The van der Waals surface area contributed by atoms with E-state index in [-0.39, 0.29) is 17.1 Å². The van der Waals surface area contributed by atoms with Gasteiger partial charge in [-0.15, -0.1) is 0 Å². The summed E-state index contributed by atoms with van der Waals surface area (Å²) >= 11 is 0. The molecule has 3 nitrogen and oxygen atoms in total. The number of benzene rings is 1. The largest absolute Gasteiger partial charge is 0.386 e. The summed E-state index contributed by atoms with van der Waals surface area (Å²) in [6.45, 7) is 7.98. The van der Waals surface area contributed by atoms with Crippen LogP contribution in [0.25, 0.3) is 0 Å². The molecule has 0 aliphatic heterocycles. The monoisotopic (exact) mass is 281 g/mol. The van der Waals surface area contributed by atoms with E-state index in [0.29, 0.717) is 12.0 Å². The van der Waals surface area contributed by atoms with Gasteiger partial charge in [-0.25, -0.2) is 4.39 Å². The predicted octanol–water partition coefficient (Wildman–Crippen LogP) is 3.19. The van der Waals surface area contributed by atoms with Gasteiger partial charge in [-0.3, -0.25) is 4.79 Å². The summed E-state index contributed by atoms with van der Waals surface area (Å²) in [6.07, 6.45) is 0.386. The zero-order valence-corrected chi connectivity index (χ0v) is 12.6. The Kier molecular flexibility index (Phi) is 5.69. The highest BCUT2D eigenvalue weighted by Crippen LogP contribution is 2.21. The second-order valence-electron chi connectivity index (χ2n) is 6.41. The van der Waals surface area contributed by atoms with Gasteiger partial charge in [-0.1, -0.05) is 32.9 Å². The van der Waals surface area contributed by atoms with Crippen molar-refractivity contribution < 1.29 is 14.3 Å². The highest BCUT2D eigenvalue weighted by molar-refractivity contribution is 5.76. The molecule has 0 aliphatic rings. The maximum absolute atomic E-state index is 12.8. The third-order valence-corrected chi connectivity index (χ3v) is 3.18. The normalized spacial score (nSPS) is 14.7. The zero-order chi connectivity index (χ0) is 15.3. The molecule has 0 aliphatic carbocycles. The molecule has 0 saturated carbocycles. The van der Waals surface area contributed by atoms with Crippen molar-refractivity contribution >= 4 is 5.91 Å². The molecule has 4 heteroatoms. The fraction of sp³-hybridized carbons (Fsp3) is 0.562. The second-order valence-corrected chi connectivity index (χ2v) is 6.41. The van der Waals surface area contributed by atoms with E-state index in [9.17, 15) is 14.3 Å². The Bertz CT molecular complexity index is 437. The van der Waals surface area contributed by atoms with Crippen molar-refractivity contribution in [2.75, 3.05) is 0 Å². The van der Waals surface area contributed by atoms with Crippen LogP contribution in [0.5, 0.6) is 0 Å². The smallest absolute Gasteiger partial charge is 0.220 e. The molecule has 1 amide bonds. The first-order valence-electron chi connectivity index (χ1n) is 6.92. The van der Waals surface area contributed by atoms with Crippen LogP contribution in [0.4, 0.5) is 4.39 Å². The molecule has 0 saturated heterocycles. The molecule has 2 unspecified atom stereocenters. The molecule has 0 spiro atoms. The van der Waals surface area contributed by atoms with Crippen LogP contribution in [-0.2, 0) is 4.79 Å². The third-order valence-electron chi connectivity index (χ3n) is 3.18. The van der Waals surface area contributed by atoms with E-state index in [1.165, 1.54) is 24.3 Å². The Morgan fingerprint density at radius 1 is 1.30 bits per heavy atom. The molecule has 0 radical (unpaired) electrons. The Morgan fingerprint density at radius 2 is 1.85 bits per heavy atom. The number of carbonyl (C=O) groups excluding carboxylic acids is 1. The first-order valence-corrected chi connectivity index (χ1v) is 6.92. The van der Waals surface area contributed by atoms with Gasteiger partial charge in [-0.05, 0) is 36.5 Å². The van der Waals surface area contributed by atoms with E-state index < -0.39 is 12.1 Å². The van der Waals surface area contributed by atoms with Gasteiger partial charge in [0.15, 0.2) is 0 Å². The Balaban J connectivity index is 2.51. The highest BCUT2D eigenvalue weighted by Gasteiger charge is 2.19. The average molecular weight is 281 g/mol. The molecule has 0 bridgehead atoms. The minimum Gasteiger partial charge on any atom is -0.386 e. The van der Waals surface area contributed by atoms with Crippen molar-refractivity contribution in [2.24, 2.45) is 5.41 Å². The van der Waals surface area contributed by atoms with E-state index >= 15 is 0 Å². The van der Waals surface area contributed by atoms with E-state index in [2.05, 4.69) is 26.1 Å². The Hall–Kier alpha value is -1.42. The van der Waals surface area contributed by atoms with Crippen molar-refractivity contribution in [1.29, 1.82) is 0 Å². The Labute approximate surface area is 120 Å². The summed E-state index contributed by atoms with van der Waals surface area (Å²) in [6, 6.07) is 5.24. The van der Waals surface area contributed by atoms with E-state index in [4.69, 9.17) is 0 Å². The molecule has 1 rings (SSSR count). The lowest BCUT2D eigenvalue weighted by Gasteiger charge is -2.22. The van der Waals surface area contributed by atoms with Gasteiger partial charge in [0, 0.05) is 6.42 Å². The zero-order valence-electron chi connectivity index (χ0n) is 12.6. The molecule has 1 aromatic carbocycles. The van der Waals surface area contributed by atoms with Crippen molar-refractivity contribution in [3.05, 3.63) is 35.6 Å². The number of rotatable bonds is 5. The van der Waals surface area contributed by atoms with Gasteiger partial charge in [0.25, 0.3) is 0 Å². The lowest BCUT2D eigenvalue weighted by molar-refractivity contribution is -0.123. The number of amides is 1. The maximum atomic E-state index is 12.8. The standard InChI is InChI=1S/C16H24FNO2/c1-11(18-14(19)9-10-16(2,3)4)15(20)12-5-7-13(17)8-6-12/h5-8,11,15,20H,9-10H2,1-4H3,(H,18,19). The van der Waals surface area contributed by atoms with Crippen LogP contribution in [-0.4, -0.2) is 17.1 Å². The molecule has 0 aromatic heterocycles. The molecule has 20 heavy (non-hydrogen) atoms. The lowest BCUT2D eigenvalue weighted by atomic mass is 9.90. The van der Waals surface area contributed by atoms with Crippen LogP contribution >= 0.6 is 0 Å². The Morgan fingerprint density at radius 3 is 2.35 bits per heavy atom. The summed E-state index contributed by atoms with van der Waals surface area (Å²) in [5.74, 6) is -0.420. The SMILES string of the molecule is CC(NC(=O)CCC(C)(C)C)C(O)c1ccc(F)cc1. The van der Waals surface area contributed by atoms with Gasteiger partial charge in [0.05, 0.1) is 12.1 Å². The number of hydrogen-bond donors (Lipinski definition) is 2. The first kappa shape index (κ1) is 16.6. The van der Waals surface area contributed by atoms with Crippen LogP contribution in [0.1, 0.15) is 52.2 Å². The number of hydrogen-bond acceptors (Lipinski definition) is 2. The lowest BCUT2D eigenvalue weighted by Crippen LogP contribution is -2.37. The number of nitrogens with one attached hydrogen (secondary N) is 1. The summed E-state index contributed by atoms with van der Waals surface area (Å²) in [5.41, 5.74) is 0.700.